The second-order valence-corrected chi connectivity index (χ2v) is 6.21. The normalized spacial score (nSPS) is 39.4. The highest BCUT2D eigenvalue weighted by molar-refractivity contribution is 5.09. The molecule has 2 fully saturated rings. The molecule has 14 heavy (non-hydrogen) atoms. The lowest BCUT2D eigenvalue weighted by atomic mass is 9.57. The molecule has 0 radical (unpaired) electrons. The van der Waals surface area contributed by atoms with Crippen LogP contribution in [0.1, 0.15) is 52.4 Å². The molecule has 82 valence electrons. The topological polar surface area (TPSA) is 46.2 Å². The standard InChI is InChI=1S/C12H23NO/c1-10(2)6-7-12(14,8-10)11(9-13)4-3-5-11/h14H,3-9,13H2,1-2H3. The van der Waals surface area contributed by atoms with Crippen LogP contribution in [0.3, 0.4) is 0 Å². The molecule has 2 aliphatic rings. The molecule has 0 heterocycles. The van der Waals surface area contributed by atoms with Gasteiger partial charge in [-0.2, -0.15) is 0 Å². The first kappa shape index (κ1) is 10.4. The minimum Gasteiger partial charge on any atom is -0.389 e. The van der Waals surface area contributed by atoms with Gasteiger partial charge < -0.3 is 10.8 Å². The Bertz CT molecular complexity index is 227. The van der Waals surface area contributed by atoms with Gasteiger partial charge in [-0.15, -0.1) is 0 Å². The van der Waals surface area contributed by atoms with E-state index in [2.05, 4.69) is 13.8 Å². The summed E-state index contributed by atoms with van der Waals surface area (Å²) in [7, 11) is 0. The summed E-state index contributed by atoms with van der Waals surface area (Å²) >= 11 is 0. The first-order chi connectivity index (χ1) is 6.43. The van der Waals surface area contributed by atoms with Crippen LogP contribution in [0.2, 0.25) is 0 Å². The van der Waals surface area contributed by atoms with E-state index in [1.807, 2.05) is 0 Å². The fraction of sp³-hybridized carbons (Fsp3) is 1.00. The Morgan fingerprint density at radius 3 is 2.07 bits per heavy atom. The maximum Gasteiger partial charge on any atom is 0.0721 e. The van der Waals surface area contributed by atoms with Crippen LogP contribution in [-0.4, -0.2) is 17.3 Å². The molecule has 0 aromatic heterocycles. The number of rotatable bonds is 2. The van der Waals surface area contributed by atoms with Crippen molar-refractivity contribution in [1.82, 2.24) is 0 Å². The summed E-state index contributed by atoms with van der Waals surface area (Å²) < 4.78 is 0. The minimum atomic E-state index is -0.455. The quantitative estimate of drug-likeness (QED) is 0.711. The zero-order chi connectivity index (χ0) is 10.4. The predicted octanol–water partition coefficient (Wildman–Crippen LogP) is 2.06. The molecule has 0 bridgehead atoms. The van der Waals surface area contributed by atoms with Crippen molar-refractivity contribution in [3.63, 3.8) is 0 Å². The van der Waals surface area contributed by atoms with Crippen molar-refractivity contribution >= 4 is 0 Å². The third-order valence-corrected chi connectivity index (χ3v) is 4.67. The molecule has 0 spiro atoms. The molecule has 1 atom stereocenters. The first-order valence-corrected chi connectivity index (χ1v) is 5.86. The van der Waals surface area contributed by atoms with E-state index in [0.717, 1.165) is 32.1 Å². The predicted molar refractivity (Wildman–Crippen MR) is 57.9 cm³/mol. The van der Waals surface area contributed by atoms with Gasteiger partial charge in [-0.3, -0.25) is 0 Å². The van der Waals surface area contributed by atoms with E-state index in [0.29, 0.717) is 12.0 Å². The summed E-state index contributed by atoms with van der Waals surface area (Å²) in [5.41, 5.74) is 5.79. The SMILES string of the molecule is CC1(C)CCC(O)(C2(CN)CCC2)C1. The first-order valence-electron chi connectivity index (χ1n) is 5.86. The largest absolute Gasteiger partial charge is 0.389 e. The van der Waals surface area contributed by atoms with Crippen molar-refractivity contribution in [2.75, 3.05) is 6.54 Å². The van der Waals surface area contributed by atoms with Gasteiger partial charge in [-0.05, 0) is 37.5 Å². The minimum absolute atomic E-state index is 0.0702. The summed E-state index contributed by atoms with van der Waals surface area (Å²) in [6.07, 6.45) is 6.56. The third kappa shape index (κ3) is 1.31. The summed E-state index contributed by atoms with van der Waals surface area (Å²) in [4.78, 5) is 0. The van der Waals surface area contributed by atoms with Gasteiger partial charge >= 0.3 is 0 Å². The monoisotopic (exact) mass is 197 g/mol. The van der Waals surface area contributed by atoms with Crippen molar-refractivity contribution in [2.24, 2.45) is 16.6 Å². The lowest BCUT2D eigenvalue weighted by Gasteiger charge is -2.52. The van der Waals surface area contributed by atoms with Crippen LogP contribution in [0, 0.1) is 10.8 Å². The molecule has 0 aliphatic heterocycles. The van der Waals surface area contributed by atoms with Crippen molar-refractivity contribution in [2.45, 2.75) is 58.0 Å². The van der Waals surface area contributed by atoms with Crippen LogP contribution in [0.4, 0.5) is 0 Å². The molecule has 2 saturated carbocycles. The number of aliphatic hydroxyl groups is 1. The second kappa shape index (κ2) is 2.96. The summed E-state index contributed by atoms with van der Waals surface area (Å²) in [6, 6.07) is 0. The summed E-state index contributed by atoms with van der Waals surface area (Å²) in [5.74, 6) is 0. The van der Waals surface area contributed by atoms with Gasteiger partial charge in [0.2, 0.25) is 0 Å². The third-order valence-electron chi connectivity index (χ3n) is 4.67. The molecule has 2 aliphatic carbocycles. The zero-order valence-corrected chi connectivity index (χ0v) is 9.47. The Morgan fingerprint density at radius 1 is 1.14 bits per heavy atom. The van der Waals surface area contributed by atoms with Crippen molar-refractivity contribution in [1.29, 1.82) is 0 Å². The van der Waals surface area contributed by atoms with E-state index in [-0.39, 0.29) is 5.41 Å². The molecule has 1 unspecified atom stereocenters. The van der Waals surface area contributed by atoms with Crippen LogP contribution in [0.5, 0.6) is 0 Å². The van der Waals surface area contributed by atoms with Crippen LogP contribution in [0.15, 0.2) is 0 Å². The highest BCUT2D eigenvalue weighted by Gasteiger charge is 2.57. The highest BCUT2D eigenvalue weighted by Crippen LogP contribution is 2.58. The smallest absolute Gasteiger partial charge is 0.0721 e. The van der Waals surface area contributed by atoms with Gasteiger partial charge in [0.1, 0.15) is 0 Å². The average molecular weight is 197 g/mol. The van der Waals surface area contributed by atoms with E-state index >= 15 is 0 Å². The van der Waals surface area contributed by atoms with E-state index in [1.165, 1.54) is 6.42 Å². The molecular formula is C12H23NO. The molecule has 2 rings (SSSR count). The van der Waals surface area contributed by atoms with E-state index in [9.17, 15) is 5.11 Å². The second-order valence-electron chi connectivity index (χ2n) is 6.21. The summed E-state index contributed by atoms with van der Waals surface area (Å²) in [6.45, 7) is 5.18. The summed E-state index contributed by atoms with van der Waals surface area (Å²) in [5, 5.41) is 10.7. The van der Waals surface area contributed by atoms with E-state index < -0.39 is 5.60 Å². The molecule has 0 saturated heterocycles. The van der Waals surface area contributed by atoms with Gasteiger partial charge in [0.05, 0.1) is 5.60 Å². The lowest BCUT2D eigenvalue weighted by Crippen LogP contribution is -2.55. The van der Waals surface area contributed by atoms with Crippen LogP contribution in [0.25, 0.3) is 0 Å². The van der Waals surface area contributed by atoms with Crippen molar-refractivity contribution in [3.8, 4) is 0 Å². The van der Waals surface area contributed by atoms with Gasteiger partial charge in [-0.25, -0.2) is 0 Å². The fourth-order valence-electron chi connectivity index (χ4n) is 3.43. The van der Waals surface area contributed by atoms with Crippen LogP contribution in [-0.2, 0) is 0 Å². The average Bonchev–Trinajstić information content (AvgIpc) is 2.25. The van der Waals surface area contributed by atoms with Crippen LogP contribution < -0.4 is 5.73 Å². The zero-order valence-electron chi connectivity index (χ0n) is 9.47. The van der Waals surface area contributed by atoms with E-state index in [1.54, 1.807) is 0 Å². The molecule has 0 aromatic rings. The molecule has 0 aromatic carbocycles. The van der Waals surface area contributed by atoms with Gasteiger partial charge in [0.25, 0.3) is 0 Å². The number of hydrogen-bond donors (Lipinski definition) is 2. The molecule has 3 N–H and O–H groups in total. The van der Waals surface area contributed by atoms with E-state index in [4.69, 9.17) is 5.73 Å². The Balaban J connectivity index is 2.17. The van der Waals surface area contributed by atoms with Gasteiger partial charge in [-0.1, -0.05) is 20.3 Å². The fourth-order valence-corrected chi connectivity index (χ4v) is 3.43. The molecule has 2 nitrogen and oxygen atoms in total. The Morgan fingerprint density at radius 2 is 1.79 bits per heavy atom. The number of hydrogen-bond acceptors (Lipinski definition) is 2. The Labute approximate surface area is 86.9 Å². The molecular weight excluding hydrogens is 174 g/mol. The van der Waals surface area contributed by atoms with Gasteiger partial charge in [0, 0.05) is 12.0 Å². The van der Waals surface area contributed by atoms with Crippen LogP contribution >= 0.6 is 0 Å². The van der Waals surface area contributed by atoms with Gasteiger partial charge in [0.15, 0.2) is 0 Å². The van der Waals surface area contributed by atoms with Crippen molar-refractivity contribution in [3.05, 3.63) is 0 Å². The molecule has 0 amide bonds. The Hall–Kier alpha value is -0.0800. The highest BCUT2D eigenvalue weighted by atomic mass is 16.3. The molecule has 2 heteroatoms. The van der Waals surface area contributed by atoms with Crippen molar-refractivity contribution < 1.29 is 5.11 Å². The maximum atomic E-state index is 10.7. The number of nitrogens with two attached hydrogens (primary N) is 1. The Kier molecular flexibility index (Phi) is 2.20. The maximum absolute atomic E-state index is 10.7. The lowest BCUT2D eigenvalue weighted by molar-refractivity contribution is -0.122.